The zero-order valence-electron chi connectivity index (χ0n) is 32.2. The molecule has 3 aliphatic rings. The number of hydrogen-bond donors (Lipinski definition) is 5. The molecular formula is C38H57N7O7. The summed E-state index contributed by atoms with van der Waals surface area (Å²) in [5, 5.41) is 13.5. The molecule has 3 fully saturated rings. The zero-order valence-corrected chi connectivity index (χ0v) is 32.2. The summed E-state index contributed by atoms with van der Waals surface area (Å²) in [6, 6.07) is 4.16. The van der Waals surface area contributed by atoms with Gasteiger partial charge in [-0.1, -0.05) is 77.8 Å². The Labute approximate surface area is 306 Å². The first-order valence-corrected chi connectivity index (χ1v) is 18.1. The van der Waals surface area contributed by atoms with Crippen molar-refractivity contribution in [1.29, 1.82) is 0 Å². The molecule has 14 heteroatoms. The molecule has 4 unspecified atom stereocenters. The third-order valence-corrected chi connectivity index (χ3v) is 10.3. The van der Waals surface area contributed by atoms with Gasteiger partial charge in [0.15, 0.2) is 0 Å². The van der Waals surface area contributed by atoms with Crippen LogP contribution in [0.25, 0.3) is 0 Å². The Morgan fingerprint density at radius 1 is 0.904 bits per heavy atom. The first-order chi connectivity index (χ1) is 24.0. The first-order valence-electron chi connectivity index (χ1n) is 18.1. The molecule has 52 heavy (non-hydrogen) atoms. The van der Waals surface area contributed by atoms with E-state index in [1.54, 1.807) is 44.4 Å². The fraction of sp³-hybridized carbons (Fsp3) is 0.658. The third-order valence-electron chi connectivity index (χ3n) is 10.3. The number of carbonyl (C=O) groups excluding carboxylic acids is 7. The number of fused-ring (bicyclic) bond motifs is 1. The SMILES string of the molecule is CN(C)C(=O)[C@@H](NC(=O)CNC(=O)C(=O)C(CC1CC1)NC(=O)[C@@H]1C2C(CN1C(=O)C(NC(=O)NC(C)(C)C)C(C)(C)C)C2(C)C)c1ccccc1. The minimum absolute atomic E-state index is 0.0507. The summed E-state index contributed by atoms with van der Waals surface area (Å²) in [7, 11) is 3.13. The Morgan fingerprint density at radius 2 is 1.52 bits per heavy atom. The molecule has 7 amide bonds. The van der Waals surface area contributed by atoms with Crippen molar-refractivity contribution in [3.8, 4) is 0 Å². The lowest BCUT2D eigenvalue weighted by Gasteiger charge is -2.38. The number of Topliss-reactive ketones (excluding diaryl/α,β-unsaturated/α-hetero) is 1. The third kappa shape index (κ3) is 9.68. The largest absolute Gasteiger partial charge is 0.347 e. The maximum Gasteiger partial charge on any atom is 0.315 e. The van der Waals surface area contributed by atoms with Crippen LogP contribution in [0.15, 0.2) is 30.3 Å². The number of nitrogens with one attached hydrogen (secondary N) is 5. The Kier molecular flexibility index (Phi) is 11.8. The highest BCUT2D eigenvalue weighted by atomic mass is 16.2. The molecule has 6 atom stereocenters. The van der Waals surface area contributed by atoms with E-state index >= 15 is 0 Å². The van der Waals surface area contributed by atoms with E-state index in [9.17, 15) is 33.6 Å². The Bertz CT molecular complexity index is 1560. The van der Waals surface area contributed by atoms with Crippen LogP contribution in [0.4, 0.5) is 4.79 Å². The summed E-state index contributed by atoms with van der Waals surface area (Å²) in [4.78, 5) is 96.6. The molecule has 1 aromatic rings. The lowest BCUT2D eigenvalue weighted by atomic mass is 9.85. The van der Waals surface area contributed by atoms with Crippen molar-refractivity contribution in [3.05, 3.63) is 35.9 Å². The van der Waals surface area contributed by atoms with Crippen molar-refractivity contribution < 1.29 is 33.6 Å². The van der Waals surface area contributed by atoms with Crippen LogP contribution in [0.1, 0.15) is 86.3 Å². The molecule has 286 valence electrons. The zero-order chi connectivity index (χ0) is 38.9. The number of hydrogen-bond acceptors (Lipinski definition) is 7. The number of benzene rings is 1. The van der Waals surface area contributed by atoms with Crippen molar-refractivity contribution in [1.82, 2.24) is 36.4 Å². The molecule has 2 saturated carbocycles. The summed E-state index contributed by atoms with van der Waals surface area (Å²) in [6.45, 7) is 14.9. The van der Waals surface area contributed by atoms with Crippen molar-refractivity contribution in [2.24, 2.45) is 28.6 Å². The second kappa shape index (κ2) is 15.2. The van der Waals surface area contributed by atoms with E-state index in [1.807, 2.05) is 55.4 Å². The first kappa shape index (κ1) is 40.3. The van der Waals surface area contributed by atoms with E-state index in [2.05, 4.69) is 26.6 Å². The molecule has 1 saturated heterocycles. The molecular weight excluding hydrogens is 666 g/mol. The van der Waals surface area contributed by atoms with Gasteiger partial charge in [0, 0.05) is 26.2 Å². The quantitative estimate of drug-likeness (QED) is 0.192. The Balaban J connectivity index is 1.46. The van der Waals surface area contributed by atoms with Crippen molar-refractivity contribution in [3.63, 3.8) is 0 Å². The van der Waals surface area contributed by atoms with Crippen LogP contribution in [-0.2, 0) is 28.8 Å². The number of carbonyl (C=O) groups is 7. The molecule has 1 aromatic carbocycles. The van der Waals surface area contributed by atoms with Crippen LogP contribution in [0, 0.1) is 28.6 Å². The second-order valence-corrected chi connectivity index (χ2v) is 17.5. The molecule has 14 nitrogen and oxygen atoms in total. The number of likely N-dealkylation sites (N-methyl/N-ethyl adjacent to an activating group) is 1. The highest BCUT2D eigenvalue weighted by Gasteiger charge is 2.70. The van der Waals surface area contributed by atoms with Gasteiger partial charge in [-0.2, -0.15) is 0 Å². The van der Waals surface area contributed by atoms with Gasteiger partial charge < -0.3 is 36.4 Å². The molecule has 0 bridgehead atoms. The van der Waals surface area contributed by atoms with Crippen LogP contribution in [0.2, 0.25) is 0 Å². The maximum absolute atomic E-state index is 14.2. The second-order valence-electron chi connectivity index (χ2n) is 17.5. The highest BCUT2D eigenvalue weighted by molar-refractivity contribution is 6.38. The van der Waals surface area contributed by atoms with Gasteiger partial charge in [-0.05, 0) is 61.3 Å². The predicted molar refractivity (Wildman–Crippen MR) is 194 cm³/mol. The minimum Gasteiger partial charge on any atom is -0.347 e. The van der Waals surface area contributed by atoms with E-state index in [-0.39, 0.29) is 35.5 Å². The number of piperidine rings is 1. The van der Waals surface area contributed by atoms with Gasteiger partial charge in [0.25, 0.3) is 5.91 Å². The lowest BCUT2D eigenvalue weighted by molar-refractivity contribution is -0.145. The van der Waals surface area contributed by atoms with Crippen molar-refractivity contribution >= 4 is 41.4 Å². The van der Waals surface area contributed by atoms with Crippen LogP contribution in [-0.4, -0.2) is 102 Å². The minimum atomic E-state index is -1.16. The average Bonchev–Trinajstić information content (AvgIpc) is 3.90. The van der Waals surface area contributed by atoms with E-state index in [4.69, 9.17) is 0 Å². The van der Waals surface area contributed by atoms with Gasteiger partial charge in [0.2, 0.25) is 29.4 Å². The molecule has 1 heterocycles. The number of rotatable bonds is 13. The van der Waals surface area contributed by atoms with E-state index in [1.165, 1.54) is 9.80 Å². The Morgan fingerprint density at radius 3 is 2.06 bits per heavy atom. The van der Waals surface area contributed by atoms with Gasteiger partial charge in [-0.3, -0.25) is 28.8 Å². The molecule has 5 N–H and O–H groups in total. The fourth-order valence-electron chi connectivity index (χ4n) is 7.12. The smallest absolute Gasteiger partial charge is 0.315 e. The van der Waals surface area contributed by atoms with Crippen LogP contribution in [0.3, 0.4) is 0 Å². The molecule has 0 radical (unpaired) electrons. The highest BCUT2D eigenvalue weighted by Crippen LogP contribution is 2.65. The van der Waals surface area contributed by atoms with Crippen LogP contribution in [0.5, 0.6) is 0 Å². The number of urea groups is 1. The molecule has 0 aromatic heterocycles. The fourth-order valence-corrected chi connectivity index (χ4v) is 7.12. The standard InChI is InChI=1S/C38H57N7O7/c1-36(2,3)30(42-35(52)43-37(4,5)6)34(51)45-20-23-26(38(23,7)8)28(45)31(48)40-24(18-21-16-17-21)29(47)32(49)39-19-25(46)41-27(33(50)44(9)10)22-14-12-11-13-15-22/h11-15,21,23-24,26-28,30H,16-20H2,1-10H3,(H,39,49)(H,40,48)(H,41,46)(H2,42,43,52)/t23?,24?,26?,27-,28-,30?/m0/s1. The molecule has 1 aliphatic heterocycles. The summed E-state index contributed by atoms with van der Waals surface area (Å²) in [6.07, 6.45) is 1.95. The molecule has 0 spiro atoms. The monoisotopic (exact) mass is 723 g/mol. The number of nitrogens with zero attached hydrogens (tertiary/aromatic N) is 2. The summed E-state index contributed by atoms with van der Waals surface area (Å²) in [5.74, 6) is -3.87. The van der Waals surface area contributed by atoms with Crippen LogP contribution >= 0.6 is 0 Å². The topological polar surface area (TPSA) is 186 Å². The predicted octanol–water partition coefficient (Wildman–Crippen LogP) is 1.90. The van der Waals surface area contributed by atoms with Gasteiger partial charge in [0.05, 0.1) is 12.6 Å². The van der Waals surface area contributed by atoms with Crippen LogP contribution < -0.4 is 26.6 Å². The lowest BCUT2D eigenvalue weighted by Crippen LogP contribution is -2.62. The van der Waals surface area contributed by atoms with Gasteiger partial charge >= 0.3 is 6.03 Å². The Hall–Kier alpha value is -4.49. The maximum atomic E-state index is 14.2. The molecule has 2 aliphatic carbocycles. The van der Waals surface area contributed by atoms with E-state index < -0.39 is 77.1 Å². The average molecular weight is 724 g/mol. The number of amides is 7. The van der Waals surface area contributed by atoms with E-state index in [0.29, 0.717) is 12.1 Å². The van der Waals surface area contributed by atoms with Gasteiger partial charge in [0.1, 0.15) is 18.1 Å². The van der Waals surface area contributed by atoms with Gasteiger partial charge in [-0.15, -0.1) is 0 Å². The number of ketones is 1. The van der Waals surface area contributed by atoms with Crippen molar-refractivity contribution in [2.75, 3.05) is 27.2 Å². The molecule has 4 rings (SSSR count). The summed E-state index contributed by atoms with van der Waals surface area (Å²) < 4.78 is 0. The number of likely N-dealkylation sites (tertiary alicyclic amines) is 1. The normalized spacial score (nSPS) is 22.1. The van der Waals surface area contributed by atoms with Gasteiger partial charge in [-0.25, -0.2) is 4.79 Å². The summed E-state index contributed by atoms with van der Waals surface area (Å²) in [5.41, 5.74) is -0.890. The summed E-state index contributed by atoms with van der Waals surface area (Å²) >= 11 is 0. The van der Waals surface area contributed by atoms with E-state index in [0.717, 1.165) is 12.8 Å². The van der Waals surface area contributed by atoms with Crippen molar-refractivity contribution in [2.45, 2.75) is 104 Å².